The zero-order valence-electron chi connectivity index (χ0n) is 15.0. The maximum atomic E-state index is 10.4. The van der Waals surface area contributed by atoms with Crippen LogP contribution in [0.15, 0.2) is 48.5 Å². The number of nitrogens with zero attached hydrogens (tertiary/aromatic N) is 1. The smallest absolute Gasteiger partial charge is 0.119 e. The van der Waals surface area contributed by atoms with Crippen molar-refractivity contribution in [3.8, 4) is 5.75 Å². The Hall–Kier alpha value is -2.04. The number of anilines is 1. The fourth-order valence-corrected chi connectivity index (χ4v) is 2.72. The van der Waals surface area contributed by atoms with Crippen LogP contribution in [0.5, 0.6) is 5.75 Å². The molecule has 0 radical (unpaired) electrons. The van der Waals surface area contributed by atoms with Crippen LogP contribution in [0.25, 0.3) is 0 Å². The van der Waals surface area contributed by atoms with Gasteiger partial charge in [0, 0.05) is 32.4 Å². The van der Waals surface area contributed by atoms with Gasteiger partial charge in [0.15, 0.2) is 0 Å². The third-order valence-corrected chi connectivity index (χ3v) is 4.26. The Morgan fingerprint density at radius 3 is 2.38 bits per heavy atom. The third kappa shape index (κ3) is 4.73. The van der Waals surface area contributed by atoms with Gasteiger partial charge in [-0.3, -0.25) is 0 Å². The molecule has 2 rings (SSSR count). The van der Waals surface area contributed by atoms with Gasteiger partial charge < -0.3 is 20.1 Å². The molecule has 4 heteroatoms. The van der Waals surface area contributed by atoms with Crippen molar-refractivity contribution in [3.63, 3.8) is 0 Å². The van der Waals surface area contributed by atoms with Gasteiger partial charge in [-0.15, -0.1) is 0 Å². The molecule has 2 aromatic carbocycles. The molecule has 2 N–H and O–H groups in total. The van der Waals surface area contributed by atoms with Crippen molar-refractivity contribution in [1.29, 1.82) is 0 Å². The number of aliphatic hydroxyl groups is 1. The number of ether oxygens (including phenoxy) is 1. The topological polar surface area (TPSA) is 44.7 Å². The molecule has 0 fully saturated rings. The average molecular weight is 328 g/mol. The molecule has 0 aliphatic rings. The Morgan fingerprint density at radius 1 is 1.08 bits per heavy atom. The summed E-state index contributed by atoms with van der Waals surface area (Å²) in [5.41, 5.74) is 3.28. The van der Waals surface area contributed by atoms with E-state index in [-0.39, 0.29) is 6.04 Å². The van der Waals surface area contributed by atoms with E-state index in [1.807, 2.05) is 38.4 Å². The normalized spacial score (nSPS) is 13.4. The SMILES string of the molecule is CCC(NCC(O)c1cccc(OC)c1)c1ccc(N(C)C)cc1. The van der Waals surface area contributed by atoms with E-state index in [1.165, 1.54) is 11.3 Å². The van der Waals surface area contributed by atoms with Crippen molar-refractivity contribution in [2.45, 2.75) is 25.5 Å². The second kappa shape index (κ2) is 8.71. The van der Waals surface area contributed by atoms with Crippen molar-refractivity contribution in [1.82, 2.24) is 5.32 Å². The van der Waals surface area contributed by atoms with Crippen LogP contribution in [-0.4, -0.2) is 32.9 Å². The fourth-order valence-electron chi connectivity index (χ4n) is 2.72. The number of benzene rings is 2. The van der Waals surface area contributed by atoms with Gasteiger partial charge in [0.25, 0.3) is 0 Å². The Kier molecular flexibility index (Phi) is 6.64. The zero-order chi connectivity index (χ0) is 17.5. The summed E-state index contributed by atoms with van der Waals surface area (Å²) >= 11 is 0. The fraction of sp³-hybridized carbons (Fsp3) is 0.400. The molecule has 0 saturated heterocycles. The molecule has 0 spiro atoms. The molecule has 2 atom stereocenters. The molecule has 2 aromatic rings. The lowest BCUT2D eigenvalue weighted by Crippen LogP contribution is -2.26. The summed E-state index contributed by atoms with van der Waals surface area (Å²) in [6.07, 6.45) is 0.404. The van der Waals surface area contributed by atoms with Crippen LogP contribution in [0.1, 0.15) is 36.6 Å². The van der Waals surface area contributed by atoms with Gasteiger partial charge in [0.05, 0.1) is 13.2 Å². The van der Waals surface area contributed by atoms with Crippen LogP contribution in [0.4, 0.5) is 5.69 Å². The van der Waals surface area contributed by atoms with Crippen LogP contribution < -0.4 is 15.0 Å². The molecule has 0 heterocycles. The molecule has 0 saturated carbocycles. The van der Waals surface area contributed by atoms with Crippen molar-refractivity contribution >= 4 is 5.69 Å². The zero-order valence-corrected chi connectivity index (χ0v) is 15.0. The van der Waals surface area contributed by atoms with E-state index in [0.717, 1.165) is 17.7 Å². The number of methoxy groups -OCH3 is 1. The highest BCUT2D eigenvalue weighted by Crippen LogP contribution is 2.22. The molecule has 0 aliphatic carbocycles. The van der Waals surface area contributed by atoms with E-state index in [4.69, 9.17) is 4.74 Å². The van der Waals surface area contributed by atoms with Gasteiger partial charge in [-0.25, -0.2) is 0 Å². The molecule has 24 heavy (non-hydrogen) atoms. The van der Waals surface area contributed by atoms with E-state index in [9.17, 15) is 5.11 Å². The summed E-state index contributed by atoms with van der Waals surface area (Å²) in [5.74, 6) is 0.762. The van der Waals surface area contributed by atoms with Crippen LogP contribution in [-0.2, 0) is 0 Å². The lowest BCUT2D eigenvalue weighted by atomic mass is 10.0. The first-order chi connectivity index (χ1) is 11.5. The Bertz CT molecular complexity index is 626. The lowest BCUT2D eigenvalue weighted by Gasteiger charge is -2.21. The van der Waals surface area contributed by atoms with Crippen LogP contribution in [0, 0.1) is 0 Å². The maximum Gasteiger partial charge on any atom is 0.119 e. The van der Waals surface area contributed by atoms with Gasteiger partial charge in [0.1, 0.15) is 5.75 Å². The summed E-state index contributed by atoms with van der Waals surface area (Å²) in [6, 6.07) is 16.3. The van der Waals surface area contributed by atoms with E-state index in [2.05, 4.69) is 41.4 Å². The van der Waals surface area contributed by atoms with E-state index in [1.54, 1.807) is 7.11 Å². The predicted octanol–water partition coefficient (Wildman–Crippen LogP) is 3.54. The molecule has 130 valence electrons. The van der Waals surface area contributed by atoms with E-state index < -0.39 is 6.10 Å². The van der Waals surface area contributed by atoms with Gasteiger partial charge in [-0.1, -0.05) is 31.2 Å². The summed E-state index contributed by atoms with van der Waals surface area (Å²) < 4.78 is 5.22. The van der Waals surface area contributed by atoms with Gasteiger partial charge in [0.2, 0.25) is 0 Å². The van der Waals surface area contributed by atoms with Crippen LogP contribution in [0.3, 0.4) is 0 Å². The second-order valence-corrected chi connectivity index (χ2v) is 6.15. The maximum absolute atomic E-state index is 10.4. The summed E-state index contributed by atoms with van der Waals surface area (Å²) in [4.78, 5) is 2.09. The molecule has 0 bridgehead atoms. The molecular weight excluding hydrogens is 300 g/mol. The van der Waals surface area contributed by atoms with E-state index in [0.29, 0.717) is 6.54 Å². The van der Waals surface area contributed by atoms with Crippen LogP contribution >= 0.6 is 0 Å². The van der Waals surface area contributed by atoms with Crippen molar-refractivity contribution in [2.24, 2.45) is 0 Å². The number of hydrogen-bond donors (Lipinski definition) is 2. The summed E-state index contributed by atoms with van der Waals surface area (Å²) in [6.45, 7) is 2.65. The van der Waals surface area contributed by atoms with Gasteiger partial charge >= 0.3 is 0 Å². The summed E-state index contributed by atoms with van der Waals surface area (Å²) in [7, 11) is 5.71. The molecule has 0 aliphatic heterocycles. The molecule has 2 unspecified atom stereocenters. The third-order valence-electron chi connectivity index (χ3n) is 4.26. The Labute approximate surface area is 145 Å². The molecule has 0 aromatic heterocycles. The minimum Gasteiger partial charge on any atom is -0.497 e. The van der Waals surface area contributed by atoms with Gasteiger partial charge in [-0.05, 0) is 41.8 Å². The largest absolute Gasteiger partial charge is 0.497 e. The summed E-state index contributed by atoms with van der Waals surface area (Å²) in [5, 5.41) is 13.9. The quantitative estimate of drug-likeness (QED) is 0.778. The Balaban J connectivity index is 1.99. The molecule has 4 nitrogen and oxygen atoms in total. The second-order valence-electron chi connectivity index (χ2n) is 6.15. The highest BCUT2D eigenvalue weighted by atomic mass is 16.5. The molecular formula is C20H28N2O2. The highest BCUT2D eigenvalue weighted by Gasteiger charge is 2.13. The first kappa shape index (κ1) is 18.3. The monoisotopic (exact) mass is 328 g/mol. The molecule has 0 amide bonds. The van der Waals surface area contributed by atoms with Crippen molar-refractivity contribution < 1.29 is 9.84 Å². The van der Waals surface area contributed by atoms with Crippen molar-refractivity contribution in [3.05, 3.63) is 59.7 Å². The van der Waals surface area contributed by atoms with Crippen molar-refractivity contribution in [2.75, 3.05) is 32.6 Å². The highest BCUT2D eigenvalue weighted by molar-refractivity contribution is 5.46. The average Bonchev–Trinajstić information content (AvgIpc) is 2.62. The van der Waals surface area contributed by atoms with Crippen LogP contribution in [0.2, 0.25) is 0 Å². The van der Waals surface area contributed by atoms with E-state index >= 15 is 0 Å². The first-order valence-corrected chi connectivity index (χ1v) is 8.37. The number of aliphatic hydroxyl groups excluding tert-OH is 1. The number of hydrogen-bond acceptors (Lipinski definition) is 4. The number of rotatable bonds is 8. The van der Waals surface area contributed by atoms with Gasteiger partial charge in [-0.2, -0.15) is 0 Å². The minimum atomic E-state index is -0.560. The standard InChI is InChI=1S/C20H28N2O2/c1-5-19(15-9-11-17(12-10-15)22(2)3)21-14-20(23)16-7-6-8-18(13-16)24-4/h6-13,19-21,23H,5,14H2,1-4H3. The Morgan fingerprint density at radius 2 is 1.79 bits per heavy atom. The number of nitrogens with one attached hydrogen (secondary N) is 1. The first-order valence-electron chi connectivity index (χ1n) is 8.37. The minimum absolute atomic E-state index is 0.224. The lowest BCUT2D eigenvalue weighted by molar-refractivity contribution is 0.169. The predicted molar refractivity (Wildman–Crippen MR) is 99.8 cm³/mol.